The van der Waals surface area contributed by atoms with E-state index in [1.165, 1.54) is 0 Å². The Bertz CT molecular complexity index is 520. The molecular weight excluding hydrogens is 348 g/mol. The summed E-state index contributed by atoms with van der Waals surface area (Å²) in [5.74, 6) is -0.891. The van der Waals surface area contributed by atoms with Crippen LogP contribution in [0.25, 0.3) is 0 Å². The lowest BCUT2D eigenvalue weighted by Gasteiger charge is -2.25. The van der Waals surface area contributed by atoms with E-state index in [0.717, 1.165) is 0 Å². The van der Waals surface area contributed by atoms with E-state index in [-0.39, 0.29) is 6.42 Å². The normalized spacial score (nSPS) is 11.0. The predicted molar refractivity (Wildman–Crippen MR) is 82.3 cm³/mol. The van der Waals surface area contributed by atoms with Gasteiger partial charge in [0.05, 0.1) is 5.69 Å². The molecule has 20 heavy (non-hydrogen) atoms. The van der Waals surface area contributed by atoms with Crippen molar-refractivity contribution >= 4 is 45.2 Å². The van der Waals surface area contributed by atoms with Gasteiger partial charge < -0.3 is 15.7 Å². The number of benzene rings is 1. The summed E-state index contributed by atoms with van der Waals surface area (Å²) in [6, 6.07) is 4.64. The van der Waals surface area contributed by atoms with Crippen molar-refractivity contribution in [3.8, 4) is 0 Å². The van der Waals surface area contributed by atoms with Gasteiger partial charge in [0, 0.05) is 21.5 Å². The van der Waals surface area contributed by atoms with E-state index in [1.54, 1.807) is 32.0 Å². The quantitative estimate of drug-likeness (QED) is 0.743. The Balaban J connectivity index is 2.63. The van der Waals surface area contributed by atoms with Crippen LogP contribution in [-0.2, 0) is 4.79 Å². The number of anilines is 1. The van der Waals surface area contributed by atoms with Gasteiger partial charge in [-0.2, -0.15) is 0 Å². The molecule has 0 heterocycles. The van der Waals surface area contributed by atoms with E-state index in [2.05, 4.69) is 26.6 Å². The monoisotopic (exact) mass is 362 g/mol. The molecule has 1 aromatic rings. The Morgan fingerprint density at radius 2 is 2.05 bits per heavy atom. The van der Waals surface area contributed by atoms with Gasteiger partial charge in [-0.15, -0.1) is 0 Å². The summed E-state index contributed by atoms with van der Waals surface area (Å²) in [4.78, 5) is 22.5. The van der Waals surface area contributed by atoms with E-state index in [1.807, 2.05) is 0 Å². The van der Waals surface area contributed by atoms with Crippen molar-refractivity contribution < 1.29 is 14.7 Å². The molecule has 5 nitrogen and oxygen atoms in total. The maximum atomic E-state index is 11.9. The first kappa shape index (κ1) is 16.8. The predicted octanol–water partition coefficient (Wildman–Crippen LogP) is 3.87. The molecule has 0 saturated carbocycles. The second-order valence-corrected chi connectivity index (χ2v) is 6.27. The molecule has 0 unspecified atom stereocenters. The Labute approximate surface area is 130 Å². The number of hydrogen-bond acceptors (Lipinski definition) is 2. The number of carboxylic acid groups (broad SMARTS) is 1. The number of carbonyl (C=O) groups is 2. The Kier molecular flexibility index (Phi) is 5.83. The van der Waals surface area contributed by atoms with Crippen LogP contribution in [0, 0.1) is 0 Å². The topological polar surface area (TPSA) is 78.4 Å². The lowest BCUT2D eigenvalue weighted by molar-refractivity contribution is -0.137. The molecule has 0 aliphatic rings. The second kappa shape index (κ2) is 6.95. The summed E-state index contributed by atoms with van der Waals surface area (Å²) in [5.41, 5.74) is -0.0721. The highest BCUT2D eigenvalue weighted by Gasteiger charge is 2.21. The average molecular weight is 364 g/mol. The van der Waals surface area contributed by atoms with Gasteiger partial charge in [-0.05, 0) is 54.4 Å². The van der Waals surface area contributed by atoms with Gasteiger partial charge in [0.1, 0.15) is 0 Å². The van der Waals surface area contributed by atoms with Crippen LogP contribution < -0.4 is 10.6 Å². The van der Waals surface area contributed by atoms with Crippen molar-refractivity contribution in [3.63, 3.8) is 0 Å². The van der Waals surface area contributed by atoms with Crippen LogP contribution in [0.5, 0.6) is 0 Å². The minimum absolute atomic E-state index is 0.00581. The van der Waals surface area contributed by atoms with Crippen LogP contribution in [0.1, 0.15) is 26.7 Å². The number of rotatable bonds is 5. The van der Waals surface area contributed by atoms with E-state index in [9.17, 15) is 9.59 Å². The van der Waals surface area contributed by atoms with E-state index in [0.29, 0.717) is 21.6 Å². The molecule has 0 fully saturated rings. The van der Waals surface area contributed by atoms with Crippen LogP contribution in [0.4, 0.5) is 10.5 Å². The van der Waals surface area contributed by atoms with Gasteiger partial charge in [0.2, 0.25) is 0 Å². The van der Waals surface area contributed by atoms with Crippen LogP contribution in [0.3, 0.4) is 0 Å². The molecule has 0 saturated heterocycles. The molecule has 0 aromatic heterocycles. The summed E-state index contributed by atoms with van der Waals surface area (Å²) in [6.45, 7) is 3.53. The van der Waals surface area contributed by atoms with E-state index < -0.39 is 17.5 Å². The van der Waals surface area contributed by atoms with Gasteiger partial charge in [0.25, 0.3) is 0 Å². The van der Waals surface area contributed by atoms with Crippen LogP contribution in [-0.4, -0.2) is 22.6 Å². The number of urea groups is 1. The lowest BCUT2D eigenvalue weighted by Crippen LogP contribution is -2.45. The minimum Gasteiger partial charge on any atom is -0.481 e. The smallest absolute Gasteiger partial charge is 0.319 e. The molecule has 3 N–H and O–H groups in total. The molecule has 110 valence electrons. The molecule has 0 radical (unpaired) electrons. The second-order valence-electron chi connectivity index (χ2n) is 4.98. The molecule has 0 aliphatic heterocycles. The average Bonchev–Trinajstić information content (AvgIpc) is 2.31. The van der Waals surface area contributed by atoms with Crippen molar-refractivity contribution in [1.82, 2.24) is 5.32 Å². The number of carbonyl (C=O) groups excluding carboxylic acids is 1. The number of aliphatic carboxylic acids is 1. The van der Waals surface area contributed by atoms with E-state index >= 15 is 0 Å². The Morgan fingerprint density at radius 1 is 1.40 bits per heavy atom. The van der Waals surface area contributed by atoms with Gasteiger partial charge in [-0.3, -0.25) is 4.79 Å². The molecular formula is C13H16BrClN2O3. The molecule has 0 atom stereocenters. The molecule has 7 heteroatoms. The van der Waals surface area contributed by atoms with Crippen LogP contribution >= 0.6 is 27.5 Å². The number of amides is 2. The molecule has 0 aliphatic carbocycles. The maximum Gasteiger partial charge on any atom is 0.319 e. The fourth-order valence-corrected chi connectivity index (χ4v) is 2.05. The lowest BCUT2D eigenvalue weighted by atomic mass is 9.99. The summed E-state index contributed by atoms with van der Waals surface area (Å²) >= 11 is 9.17. The van der Waals surface area contributed by atoms with E-state index in [4.69, 9.17) is 16.7 Å². The standard InChI is InChI=1S/C13H16BrClN2O3/c1-13(2,6-5-11(18)19)17-12(20)16-10-7-8(15)3-4-9(10)14/h3-4,7H,5-6H2,1-2H3,(H,18,19)(H2,16,17,20). The maximum absolute atomic E-state index is 11.9. The zero-order valence-electron chi connectivity index (χ0n) is 11.2. The highest BCUT2D eigenvalue weighted by Crippen LogP contribution is 2.26. The summed E-state index contributed by atoms with van der Waals surface area (Å²) in [7, 11) is 0. The van der Waals surface area contributed by atoms with Gasteiger partial charge in [0.15, 0.2) is 0 Å². The zero-order chi connectivity index (χ0) is 15.3. The zero-order valence-corrected chi connectivity index (χ0v) is 13.5. The molecule has 1 rings (SSSR count). The highest BCUT2D eigenvalue weighted by molar-refractivity contribution is 9.10. The Hall–Kier alpha value is -1.27. The number of hydrogen-bond donors (Lipinski definition) is 3. The van der Waals surface area contributed by atoms with Crippen molar-refractivity contribution in [2.24, 2.45) is 0 Å². The largest absolute Gasteiger partial charge is 0.481 e. The first-order chi connectivity index (χ1) is 9.19. The third-order valence-corrected chi connectivity index (χ3v) is 3.52. The highest BCUT2D eigenvalue weighted by atomic mass is 79.9. The summed E-state index contributed by atoms with van der Waals surface area (Å²) in [6.07, 6.45) is 0.334. The van der Waals surface area contributed by atoms with Crippen LogP contribution in [0.15, 0.2) is 22.7 Å². The Morgan fingerprint density at radius 3 is 2.65 bits per heavy atom. The molecule has 0 spiro atoms. The number of nitrogens with one attached hydrogen (secondary N) is 2. The van der Waals surface area contributed by atoms with Crippen molar-refractivity contribution in [1.29, 1.82) is 0 Å². The van der Waals surface area contributed by atoms with Gasteiger partial charge in [-0.25, -0.2) is 4.79 Å². The fraction of sp³-hybridized carbons (Fsp3) is 0.385. The van der Waals surface area contributed by atoms with Gasteiger partial charge in [-0.1, -0.05) is 11.6 Å². The summed E-state index contributed by atoms with van der Waals surface area (Å²) in [5, 5.41) is 14.6. The molecule has 2 amide bonds. The van der Waals surface area contributed by atoms with Crippen molar-refractivity contribution in [3.05, 3.63) is 27.7 Å². The third-order valence-electron chi connectivity index (χ3n) is 2.59. The summed E-state index contributed by atoms with van der Waals surface area (Å²) < 4.78 is 0.709. The first-order valence-electron chi connectivity index (χ1n) is 5.95. The molecule has 1 aromatic carbocycles. The van der Waals surface area contributed by atoms with Crippen molar-refractivity contribution in [2.45, 2.75) is 32.2 Å². The fourth-order valence-electron chi connectivity index (χ4n) is 1.54. The van der Waals surface area contributed by atoms with Crippen LogP contribution in [0.2, 0.25) is 5.02 Å². The third kappa shape index (κ3) is 5.79. The van der Waals surface area contributed by atoms with Gasteiger partial charge >= 0.3 is 12.0 Å². The van der Waals surface area contributed by atoms with Crippen molar-refractivity contribution in [2.75, 3.05) is 5.32 Å². The first-order valence-corrected chi connectivity index (χ1v) is 7.13. The minimum atomic E-state index is -0.891. The number of carboxylic acids is 1. The molecule has 0 bridgehead atoms. The number of halogens is 2. The SMILES string of the molecule is CC(C)(CCC(=O)O)NC(=O)Nc1cc(Cl)ccc1Br.